The zero-order chi connectivity index (χ0) is 16.1. The molecule has 0 heterocycles. The Balaban J connectivity index is 2.16. The van der Waals surface area contributed by atoms with Crippen molar-refractivity contribution < 1.29 is 9.53 Å². The van der Waals surface area contributed by atoms with E-state index < -0.39 is 5.91 Å². The summed E-state index contributed by atoms with van der Waals surface area (Å²) in [4.78, 5) is 10.8. The van der Waals surface area contributed by atoms with Gasteiger partial charge in [-0.05, 0) is 57.4 Å². The number of carbonyl (C=O) groups excluding carboxylic acids is 1. The molecule has 1 amide bonds. The van der Waals surface area contributed by atoms with Gasteiger partial charge in [-0.2, -0.15) is 0 Å². The van der Waals surface area contributed by atoms with Crippen LogP contribution in [0.1, 0.15) is 11.1 Å². The van der Waals surface area contributed by atoms with Crippen LogP contribution in [-0.4, -0.2) is 5.91 Å². The van der Waals surface area contributed by atoms with Crippen molar-refractivity contribution in [2.24, 2.45) is 5.73 Å². The smallest absolute Gasteiger partial charge is 0.241 e. The number of hydrogen-bond donors (Lipinski definition) is 1. The van der Waals surface area contributed by atoms with E-state index in [9.17, 15) is 4.79 Å². The van der Waals surface area contributed by atoms with E-state index in [1.807, 2.05) is 30.3 Å². The molecule has 2 rings (SSSR count). The van der Waals surface area contributed by atoms with Crippen LogP contribution in [0.5, 0.6) is 5.75 Å². The quantitative estimate of drug-likeness (QED) is 0.663. The van der Waals surface area contributed by atoms with Crippen molar-refractivity contribution in [3.63, 3.8) is 0 Å². The molecular weight excluding hydrogens is 433 g/mol. The molecule has 2 aromatic rings. The summed E-state index contributed by atoms with van der Waals surface area (Å²) in [6.07, 6.45) is 2.87. The SMILES string of the molecule is NC(=O)/C=C/c1cc(Cl)c(OCc2cccc(Br)c2)c(Br)c1. The lowest BCUT2D eigenvalue weighted by Gasteiger charge is -2.11. The minimum Gasteiger partial charge on any atom is -0.486 e. The van der Waals surface area contributed by atoms with E-state index >= 15 is 0 Å². The van der Waals surface area contributed by atoms with E-state index in [-0.39, 0.29) is 0 Å². The van der Waals surface area contributed by atoms with Gasteiger partial charge in [-0.3, -0.25) is 4.79 Å². The van der Waals surface area contributed by atoms with Gasteiger partial charge in [0.2, 0.25) is 5.91 Å². The Morgan fingerprint density at radius 3 is 2.68 bits per heavy atom. The molecule has 0 aliphatic carbocycles. The lowest BCUT2D eigenvalue weighted by molar-refractivity contribution is -0.113. The Kier molecular flexibility index (Phi) is 6.06. The summed E-state index contributed by atoms with van der Waals surface area (Å²) < 4.78 is 7.47. The van der Waals surface area contributed by atoms with Crippen molar-refractivity contribution in [2.45, 2.75) is 6.61 Å². The molecule has 0 saturated carbocycles. The van der Waals surface area contributed by atoms with Gasteiger partial charge in [0, 0.05) is 10.5 Å². The first-order valence-electron chi connectivity index (χ1n) is 6.29. The number of amides is 1. The fourth-order valence-corrected chi connectivity index (χ4v) is 3.21. The predicted molar refractivity (Wildman–Crippen MR) is 95.9 cm³/mol. The van der Waals surface area contributed by atoms with Crippen molar-refractivity contribution in [1.82, 2.24) is 0 Å². The predicted octanol–water partition coefficient (Wildman–Crippen LogP) is 4.94. The van der Waals surface area contributed by atoms with Gasteiger partial charge in [0.05, 0.1) is 9.50 Å². The second-order valence-corrected chi connectivity index (χ2v) is 6.65. The molecule has 6 heteroatoms. The van der Waals surface area contributed by atoms with Gasteiger partial charge >= 0.3 is 0 Å². The van der Waals surface area contributed by atoms with Crippen LogP contribution in [0.4, 0.5) is 0 Å². The Morgan fingerprint density at radius 2 is 2.05 bits per heavy atom. The Hall–Kier alpha value is -1.30. The van der Waals surface area contributed by atoms with Crippen LogP contribution in [0, 0.1) is 0 Å². The maximum Gasteiger partial charge on any atom is 0.241 e. The zero-order valence-electron chi connectivity index (χ0n) is 11.4. The highest BCUT2D eigenvalue weighted by Gasteiger charge is 2.09. The second kappa shape index (κ2) is 7.81. The molecule has 0 radical (unpaired) electrons. The number of halogens is 3. The van der Waals surface area contributed by atoms with Crippen LogP contribution < -0.4 is 10.5 Å². The number of ether oxygens (including phenoxy) is 1. The van der Waals surface area contributed by atoms with Crippen molar-refractivity contribution in [3.05, 3.63) is 67.6 Å². The van der Waals surface area contributed by atoms with Crippen LogP contribution in [0.3, 0.4) is 0 Å². The van der Waals surface area contributed by atoms with Crippen molar-refractivity contribution in [3.8, 4) is 5.75 Å². The molecule has 0 bridgehead atoms. The van der Waals surface area contributed by atoms with Gasteiger partial charge in [-0.1, -0.05) is 39.7 Å². The molecule has 0 saturated heterocycles. The lowest BCUT2D eigenvalue weighted by atomic mass is 10.2. The first kappa shape index (κ1) is 17.1. The number of benzene rings is 2. The van der Waals surface area contributed by atoms with Crippen molar-refractivity contribution in [2.75, 3.05) is 0 Å². The van der Waals surface area contributed by atoms with Crippen LogP contribution in [0.2, 0.25) is 5.02 Å². The molecule has 22 heavy (non-hydrogen) atoms. The minimum atomic E-state index is -0.512. The highest BCUT2D eigenvalue weighted by Crippen LogP contribution is 2.35. The molecule has 0 unspecified atom stereocenters. The minimum absolute atomic E-state index is 0.397. The normalized spacial score (nSPS) is 10.9. The maximum atomic E-state index is 10.8. The number of carbonyl (C=O) groups is 1. The van der Waals surface area contributed by atoms with Crippen LogP contribution in [-0.2, 0) is 11.4 Å². The van der Waals surface area contributed by atoms with E-state index in [1.54, 1.807) is 12.1 Å². The Morgan fingerprint density at radius 1 is 1.27 bits per heavy atom. The van der Waals surface area contributed by atoms with E-state index in [2.05, 4.69) is 31.9 Å². The largest absolute Gasteiger partial charge is 0.486 e. The molecule has 0 spiro atoms. The van der Waals surface area contributed by atoms with E-state index in [0.29, 0.717) is 21.9 Å². The molecule has 0 fully saturated rings. The first-order chi connectivity index (χ1) is 10.5. The van der Waals surface area contributed by atoms with Gasteiger partial charge in [0.15, 0.2) is 5.75 Å². The monoisotopic (exact) mass is 443 g/mol. The van der Waals surface area contributed by atoms with Gasteiger partial charge in [0.25, 0.3) is 0 Å². The van der Waals surface area contributed by atoms with Crippen LogP contribution >= 0.6 is 43.5 Å². The maximum absolute atomic E-state index is 10.8. The highest BCUT2D eigenvalue weighted by molar-refractivity contribution is 9.10. The number of primary amides is 1. The van der Waals surface area contributed by atoms with E-state index in [4.69, 9.17) is 22.1 Å². The van der Waals surface area contributed by atoms with Crippen LogP contribution in [0.25, 0.3) is 6.08 Å². The fraction of sp³-hybridized carbons (Fsp3) is 0.0625. The molecule has 2 N–H and O–H groups in total. The lowest BCUT2D eigenvalue weighted by Crippen LogP contribution is -2.05. The summed E-state index contributed by atoms with van der Waals surface area (Å²) in [6, 6.07) is 11.4. The molecule has 2 aromatic carbocycles. The molecule has 0 aliphatic heterocycles. The zero-order valence-corrected chi connectivity index (χ0v) is 15.3. The average Bonchev–Trinajstić information content (AvgIpc) is 2.44. The number of hydrogen-bond acceptors (Lipinski definition) is 2. The van der Waals surface area contributed by atoms with Gasteiger partial charge in [-0.25, -0.2) is 0 Å². The van der Waals surface area contributed by atoms with Crippen LogP contribution in [0.15, 0.2) is 51.4 Å². The summed E-state index contributed by atoms with van der Waals surface area (Å²) in [7, 11) is 0. The third-order valence-corrected chi connectivity index (χ3v) is 4.10. The molecule has 0 atom stereocenters. The Bertz CT molecular complexity index is 709. The first-order valence-corrected chi connectivity index (χ1v) is 8.26. The summed E-state index contributed by atoms with van der Waals surface area (Å²) in [5.74, 6) is 0.0418. The third kappa shape index (κ3) is 4.87. The van der Waals surface area contributed by atoms with Gasteiger partial charge in [0.1, 0.15) is 6.61 Å². The summed E-state index contributed by atoms with van der Waals surface area (Å²) in [5, 5.41) is 0.452. The summed E-state index contributed by atoms with van der Waals surface area (Å²) in [5.41, 5.74) is 6.85. The van der Waals surface area contributed by atoms with Crippen molar-refractivity contribution in [1.29, 1.82) is 0 Å². The third-order valence-electron chi connectivity index (χ3n) is 2.73. The van der Waals surface area contributed by atoms with Gasteiger partial charge < -0.3 is 10.5 Å². The van der Waals surface area contributed by atoms with Gasteiger partial charge in [-0.15, -0.1) is 0 Å². The molecule has 0 aromatic heterocycles. The number of nitrogens with two attached hydrogens (primary N) is 1. The highest BCUT2D eigenvalue weighted by atomic mass is 79.9. The van der Waals surface area contributed by atoms with Crippen molar-refractivity contribution >= 4 is 55.4 Å². The summed E-state index contributed by atoms with van der Waals surface area (Å²) in [6.45, 7) is 0.397. The fourth-order valence-electron chi connectivity index (χ4n) is 1.77. The molecule has 3 nitrogen and oxygen atoms in total. The van der Waals surface area contributed by atoms with E-state index in [1.165, 1.54) is 6.08 Å². The standard InChI is InChI=1S/C16H12Br2ClNO2/c17-12-3-1-2-11(6-12)9-22-16-13(18)7-10(8-14(16)19)4-5-15(20)21/h1-8H,9H2,(H2,20,21)/b5-4+. The molecule has 0 aliphatic rings. The molecule has 114 valence electrons. The van der Waals surface area contributed by atoms with E-state index in [0.717, 1.165) is 15.6 Å². The second-order valence-electron chi connectivity index (χ2n) is 4.47. The number of rotatable bonds is 5. The Labute approximate surface area is 150 Å². The molecular formula is C16H12Br2ClNO2. The topological polar surface area (TPSA) is 52.3 Å². The summed E-state index contributed by atoms with van der Waals surface area (Å²) >= 11 is 13.1. The average molecular weight is 446 g/mol.